The van der Waals surface area contributed by atoms with Crippen molar-refractivity contribution in [1.82, 2.24) is 4.90 Å². The van der Waals surface area contributed by atoms with Crippen LogP contribution in [-0.4, -0.2) is 42.9 Å². The predicted molar refractivity (Wildman–Crippen MR) is 67.9 cm³/mol. The minimum absolute atomic E-state index is 0.131. The summed E-state index contributed by atoms with van der Waals surface area (Å²) in [5, 5.41) is 0.603. The first-order valence-corrected chi connectivity index (χ1v) is 6.51. The molecule has 1 aromatic rings. The molecule has 0 N–H and O–H groups in total. The van der Waals surface area contributed by atoms with E-state index in [0.29, 0.717) is 25.0 Å². The van der Waals surface area contributed by atoms with Crippen LogP contribution >= 0.6 is 15.9 Å². The minimum atomic E-state index is -1.02. The van der Waals surface area contributed by atoms with Crippen molar-refractivity contribution >= 4 is 21.8 Å². The number of hydrogen-bond acceptors (Lipinski definition) is 2. The number of nitrogens with zero attached hydrogens (tertiary/aromatic N) is 1. The minimum Gasteiger partial charge on any atom is -0.383 e. The first-order valence-electron chi connectivity index (χ1n) is 5.39. The largest absolute Gasteiger partial charge is 0.383 e. The summed E-state index contributed by atoms with van der Waals surface area (Å²) < 4.78 is 30.8. The fourth-order valence-electron chi connectivity index (χ4n) is 1.43. The topological polar surface area (TPSA) is 29.5 Å². The highest BCUT2D eigenvalue weighted by atomic mass is 79.9. The number of amides is 1. The molecule has 0 bridgehead atoms. The van der Waals surface area contributed by atoms with Crippen LogP contribution in [0.3, 0.4) is 0 Å². The molecule has 18 heavy (non-hydrogen) atoms. The van der Waals surface area contributed by atoms with E-state index in [1.807, 2.05) is 0 Å². The zero-order valence-corrected chi connectivity index (χ0v) is 11.5. The molecule has 0 radical (unpaired) electrons. The fourth-order valence-corrected chi connectivity index (χ4v) is 1.86. The van der Waals surface area contributed by atoms with Crippen LogP contribution < -0.4 is 0 Å². The smallest absolute Gasteiger partial charge is 0.254 e. The Hall–Kier alpha value is -1.01. The second-order valence-electron chi connectivity index (χ2n) is 3.60. The van der Waals surface area contributed by atoms with Crippen LogP contribution in [-0.2, 0) is 4.74 Å². The summed E-state index contributed by atoms with van der Waals surface area (Å²) >= 11 is 3.24. The maximum Gasteiger partial charge on any atom is 0.254 e. The third-order valence-corrected chi connectivity index (χ3v) is 2.73. The Balaban J connectivity index is 2.83. The molecule has 0 fully saturated rings. The van der Waals surface area contributed by atoms with Gasteiger partial charge in [-0.25, -0.2) is 8.78 Å². The van der Waals surface area contributed by atoms with Crippen molar-refractivity contribution in [1.29, 1.82) is 0 Å². The number of benzene rings is 1. The molecule has 0 saturated heterocycles. The fraction of sp³-hybridized carbons (Fsp3) is 0.417. The Morgan fingerprint density at radius 3 is 2.61 bits per heavy atom. The summed E-state index contributed by atoms with van der Waals surface area (Å²) in [6.07, 6.45) is 0. The van der Waals surface area contributed by atoms with Crippen LogP contribution in [0.15, 0.2) is 18.2 Å². The molecule has 0 unspecified atom stereocenters. The molecule has 0 aliphatic rings. The number of halogens is 3. The molecule has 1 aromatic carbocycles. The van der Waals surface area contributed by atoms with Crippen LogP contribution in [0.2, 0.25) is 0 Å². The van der Waals surface area contributed by atoms with Gasteiger partial charge in [0.1, 0.15) is 0 Å². The molecular weight excluding hydrogens is 308 g/mol. The SMILES string of the molecule is COCCN(CCBr)C(=O)c1ccc(F)c(F)c1. The predicted octanol–water partition coefficient (Wildman–Crippen LogP) is 2.45. The third-order valence-electron chi connectivity index (χ3n) is 2.37. The zero-order valence-electron chi connectivity index (χ0n) is 9.96. The average Bonchev–Trinajstić information content (AvgIpc) is 2.37. The quantitative estimate of drug-likeness (QED) is 0.753. The van der Waals surface area contributed by atoms with E-state index in [1.54, 1.807) is 0 Å². The molecule has 0 aromatic heterocycles. The van der Waals surface area contributed by atoms with Crippen LogP contribution in [0.25, 0.3) is 0 Å². The molecule has 1 rings (SSSR count). The first-order chi connectivity index (χ1) is 8.60. The Morgan fingerprint density at radius 2 is 2.06 bits per heavy atom. The van der Waals surface area contributed by atoms with Gasteiger partial charge in [-0.3, -0.25) is 4.79 Å². The summed E-state index contributed by atoms with van der Waals surface area (Å²) in [7, 11) is 1.54. The van der Waals surface area contributed by atoms with Crippen molar-refractivity contribution < 1.29 is 18.3 Å². The van der Waals surface area contributed by atoms with E-state index in [1.165, 1.54) is 18.1 Å². The van der Waals surface area contributed by atoms with Crippen molar-refractivity contribution in [2.45, 2.75) is 0 Å². The lowest BCUT2D eigenvalue weighted by molar-refractivity contribution is 0.0708. The molecule has 1 amide bonds. The van der Waals surface area contributed by atoms with Crippen LogP contribution in [0, 0.1) is 11.6 Å². The molecule has 0 saturated carbocycles. The van der Waals surface area contributed by atoms with Gasteiger partial charge in [-0.2, -0.15) is 0 Å². The molecule has 0 aliphatic heterocycles. The van der Waals surface area contributed by atoms with Crippen molar-refractivity contribution in [3.63, 3.8) is 0 Å². The lowest BCUT2D eigenvalue weighted by Crippen LogP contribution is -2.35. The lowest BCUT2D eigenvalue weighted by atomic mass is 10.2. The Labute approximate surface area is 113 Å². The highest BCUT2D eigenvalue weighted by molar-refractivity contribution is 9.09. The zero-order chi connectivity index (χ0) is 13.5. The monoisotopic (exact) mass is 321 g/mol. The molecule has 0 heterocycles. The van der Waals surface area contributed by atoms with Crippen molar-refractivity contribution in [3.05, 3.63) is 35.4 Å². The molecule has 6 heteroatoms. The van der Waals surface area contributed by atoms with Gasteiger partial charge >= 0.3 is 0 Å². The van der Waals surface area contributed by atoms with Crippen LogP contribution in [0.1, 0.15) is 10.4 Å². The van der Waals surface area contributed by atoms with E-state index in [2.05, 4.69) is 15.9 Å². The summed E-state index contributed by atoms with van der Waals surface area (Å²) in [6.45, 7) is 1.27. The number of rotatable bonds is 6. The average molecular weight is 322 g/mol. The third kappa shape index (κ3) is 4.03. The Morgan fingerprint density at radius 1 is 1.33 bits per heavy atom. The molecule has 0 spiro atoms. The molecule has 3 nitrogen and oxygen atoms in total. The van der Waals surface area contributed by atoms with Gasteiger partial charge in [-0.05, 0) is 18.2 Å². The second kappa shape index (κ2) is 7.43. The van der Waals surface area contributed by atoms with Gasteiger partial charge in [0.05, 0.1) is 6.61 Å². The van der Waals surface area contributed by atoms with E-state index in [9.17, 15) is 13.6 Å². The standard InChI is InChI=1S/C12H14BrF2NO2/c1-18-7-6-16(5-4-13)12(17)9-2-3-10(14)11(15)8-9/h2-3,8H,4-7H2,1H3. The van der Waals surface area contributed by atoms with E-state index in [0.717, 1.165) is 12.1 Å². The summed E-state index contributed by atoms with van der Waals surface area (Å²) in [4.78, 5) is 13.6. The van der Waals surface area contributed by atoms with Crippen LogP contribution in [0.4, 0.5) is 8.78 Å². The van der Waals surface area contributed by atoms with Gasteiger partial charge in [0.15, 0.2) is 11.6 Å². The maximum atomic E-state index is 13.1. The Kier molecular flexibility index (Phi) is 6.21. The lowest BCUT2D eigenvalue weighted by Gasteiger charge is -2.21. The van der Waals surface area contributed by atoms with Gasteiger partial charge < -0.3 is 9.64 Å². The molecule has 100 valence electrons. The van der Waals surface area contributed by atoms with E-state index >= 15 is 0 Å². The van der Waals surface area contributed by atoms with E-state index in [-0.39, 0.29) is 11.5 Å². The van der Waals surface area contributed by atoms with Gasteiger partial charge in [0, 0.05) is 31.1 Å². The maximum absolute atomic E-state index is 13.1. The summed E-state index contributed by atoms with van der Waals surface area (Å²) in [6, 6.07) is 3.13. The second-order valence-corrected chi connectivity index (χ2v) is 4.40. The Bertz CT molecular complexity index is 415. The van der Waals surface area contributed by atoms with E-state index in [4.69, 9.17) is 4.74 Å². The van der Waals surface area contributed by atoms with Gasteiger partial charge in [-0.1, -0.05) is 15.9 Å². The van der Waals surface area contributed by atoms with E-state index < -0.39 is 11.6 Å². The molecule has 0 atom stereocenters. The van der Waals surface area contributed by atoms with Gasteiger partial charge in [0.2, 0.25) is 0 Å². The number of carbonyl (C=O) groups is 1. The number of ether oxygens (including phenoxy) is 1. The van der Waals surface area contributed by atoms with Crippen LogP contribution in [0.5, 0.6) is 0 Å². The number of methoxy groups -OCH3 is 1. The molecule has 0 aliphatic carbocycles. The summed E-state index contributed by atoms with van der Waals surface area (Å²) in [5.41, 5.74) is 0.131. The highest BCUT2D eigenvalue weighted by Crippen LogP contribution is 2.11. The number of alkyl halides is 1. The van der Waals surface area contributed by atoms with Gasteiger partial charge in [-0.15, -0.1) is 0 Å². The summed E-state index contributed by atoms with van der Waals surface area (Å²) in [5.74, 6) is -2.33. The van der Waals surface area contributed by atoms with Crippen molar-refractivity contribution in [2.24, 2.45) is 0 Å². The first kappa shape index (κ1) is 15.0. The molecular formula is C12H14BrF2NO2. The number of hydrogen-bond donors (Lipinski definition) is 0. The normalized spacial score (nSPS) is 10.4. The van der Waals surface area contributed by atoms with Crippen molar-refractivity contribution in [3.8, 4) is 0 Å². The highest BCUT2D eigenvalue weighted by Gasteiger charge is 2.16. The number of carbonyl (C=O) groups excluding carboxylic acids is 1. The van der Waals surface area contributed by atoms with Crippen molar-refractivity contribution in [2.75, 3.05) is 32.1 Å². The van der Waals surface area contributed by atoms with Gasteiger partial charge in [0.25, 0.3) is 5.91 Å².